The summed E-state index contributed by atoms with van der Waals surface area (Å²) in [7, 11) is 2.01. The first-order valence-corrected chi connectivity index (χ1v) is 10.4. The van der Waals surface area contributed by atoms with E-state index in [4.69, 9.17) is 4.42 Å². The molecule has 2 aliphatic rings. The molecule has 7 heteroatoms. The van der Waals surface area contributed by atoms with Crippen LogP contribution in [0.15, 0.2) is 58.3 Å². The van der Waals surface area contributed by atoms with Crippen molar-refractivity contribution in [1.82, 2.24) is 19.4 Å². The summed E-state index contributed by atoms with van der Waals surface area (Å²) in [6.45, 7) is 3.37. The maximum absolute atomic E-state index is 13.2. The van der Waals surface area contributed by atoms with Gasteiger partial charge in [-0.3, -0.25) is 14.5 Å². The molecule has 3 aromatic heterocycles. The zero-order chi connectivity index (χ0) is 20.7. The zero-order valence-electron chi connectivity index (χ0n) is 17.1. The topological polar surface area (TPSA) is 74.5 Å². The molecule has 1 fully saturated rings. The number of hydrogen-bond acceptors (Lipinski definition) is 4. The molecular formula is C23H26N4O3. The predicted octanol–water partition coefficient (Wildman–Crippen LogP) is 2.66. The van der Waals surface area contributed by atoms with E-state index in [1.807, 2.05) is 40.8 Å². The summed E-state index contributed by atoms with van der Waals surface area (Å²) in [6, 6.07) is 9.66. The molecule has 2 atom stereocenters. The van der Waals surface area contributed by atoms with Crippen molar-refractivity contribution in [3.8, 4) is 0 Å². The van der Waals surface area contributed by atoms with E-state index in [2.05, 4.69) is 16.0 Å². The van der Waals surface area contributed by atoms with E-state index in [-0.39, 0.29) is 17.4 Å². The number of carbonyl (C=O) groups is 1. The van der Waals surface area contributed by atoms with Gasteiger partial charge in [-0.25, -0.2) is 0 Å². The number of amides is 1. The molecule has 1 amide bonds. The van der Waals surface area contributed by atoms with Gasteiger partial charge in [0.2, 0.25) is 0 Å². The fourth-order valence-electron chi connectivity index (χ4n) is 4.95. The second-order valence-corrected chi connectivity index (χ2v) is 8.60. The summed E-state index contributed by atoms with van der Waals surface area (Å²) in [5, 5.41) is 0. The van der Waals surface area contributed by atoms with E-state index in [1.165, 1.54) is 0 Å². The van der Waals surface area contributed by atoms with Crippen molar-refractivity contribution in [1.29, 1.82) is 0 Å². The smallest absolute Gasteiger partial charge is 0.270 e. The summed E-state index contributed by atoms with van der Waals surface area (Å²) in [5.41, 5.74) is 3.69. The van der Waals surface area contributed by atoms with Crippen molar-refractivity contribution in [3.05, 3.63) is 81.9 Å². The maximum Gasteiger partial charge on any atom is 0.270 e. The van der Waals surface area contributed by atoms with Crippen LogP contribution in [0.2, 0.25) is 0 Å². The fourth-order valence-corrected chi connectivity index (χ4v) is 4.95. The zero-order valence-corrected chi connectivity index (χ0v) is 17.1. The van der Waals surface area contributed by atoms with Gasteiger partial charge in [0.15, 0.2) is 0 Å². The normalized spacial score (nSPS) is 20.4. The minimum absolute atomic E-state index is 0.0444. The SMILES string of the molecule is CN(Cc1ccoc1)Cc1ccc2n(c1=O)C[C@H]1C[C@@H]2CN(C(=O)c2ccc[nH]2)C1. The standard InChI is InChI=1S/C23H26N4O3/c1-25(10-16-6-8-30-15-16)13-18-4-5-21-19-9-17(12-27(21)22(18)28)11-26(14-19)23(29)20-3-2-7-24-20/h2-8,15,17,19,24H,9-14H2,1H3/t17-,19+/m0/s1. The molecule has 0 unspecified atom stereocenters. The van der Waals surface area contributed by atoms with Crippen LogP contribution in [0.1, 0.15) is 39.6 Å². The van der Waals surface area contributed by atoms with Crippen molar-refractivity contribution >= 4 is 5.91 Å². The van der Waals surface area contributed by atoms with E-state index in [0.717, 1.165) is 29.8 Å². The van der Waals surface area contributed by atoms with Crippen LogP contribution in [0.5, 0.6) is 0 Å². The van der Waals surface area contributed by atoms with Crippen LogP contribution in [-0.2, 0) is 19.6 Å². The number of fused-ring (bicyclic) bond motifs is 4. The minimum Gasteiger partial charge on any atom is -0.472 e. The van der Waals surface area contributed by atoms with Crippen molar-refractivity contribution in [3.63, 3.8) is 0 Å². The van der Waals surface area contributed by atoms with E-state index >= 15 is 0 Å². The number of piperidine rings is 1. The van der Waals surface area contributed by atoms with Crippen LogP contribution in [-0.4, -0.2) is 45.4 Å². The van der Waals surface area contributed by atoms with Crippen molar-refractivity contribution in [2.75, 3.05) is 20.1 Å². The van der Waals surface area contributed by atoms with Gasteiger partial charge in [0.05, 0.1) is 12.5 Å². The third kappa shape index (κ3) is 3.50. The Morgan fingerprint density at radius 2 is 2.10 bits per heavy atom. The Labute approximate surface area is 174 Å². The molecule has 3 aromatic rings. The number of nitrogens with one attached hydrogen (secondary N) is 1. The number of aromatic nitrogens is 2. The Morgan fingerprint density at radius 1 is 1.20 bits per heavy atom. The Balaban J connectivity index is 1.34. The Kier molecular flexibility index (Phi) is 4.83. The van der Waals surface area contributed by atoms with Crippen molar-refractivity contribution < 1.29 is 9.21 Å². The molecule has 0 radical (unpaired) electrons. The number of furan rings is 1. The van der Waals surface area contributed by atoms with Crippen LogP contribution < -0.4 is 5.56 Å². The minimum atomic E-state index is 0.0444. The predicted molar refractivity (Wildman–Crippen MR) is 112 cm³/mol. The number of likely N-dealkylation sites (tertiary alicyclic amines) is 1. The van der Waals surface area contributed by atoms with Crippen molar-refractivity contribution in [2.24, 2.45) is 5.92 Å². The van der Waals surface area contributed by atoms with Gasteiger partial charge in [0.25, 0.3) is 11.5 Å². The van der Waals surface area contributed by atoms with Crippen molar-refractivity contribution in [2.45, 2.75) is 32.0 Å². The quantitative estimate of drug-likeness (QED) is 0.707. The molecule has 1 saturated heterocycles. The molecule has 2 aliphatic heterocycles. The largest absolute Gasteiger partial charge is 0.472 e. The average molecular weight is 406 g/mol. The van der Waals surface area contributed by atoms with Crippen LogP contribution in [0, 0.1) is 5.92 Å². The summed E-state index contributed by atoms with van der Waals surface area (Å²) < 4.78 is 7.09. The molecule has 0 aliphatic carbocycles. The number of H-pyrrole nitrogens is 1. The summed E-state index contributed by atoms with van der Waals surface area (Å²) in [6.07, 6.45) is 6.21. The highest BCUT2D eigenvalue weighted by Gasteiger charge is 2.37. The highest BCUT2D eigenvalue weighted by Crippen LogP contribution is 2.35. The van der Waals surface area contributed by atoms with Gasteiger partial charge in [-0.1, -0.05) is 6.07 Å². The molecule has 0 saturated carbocycles. The van der Waals surface area contributed by atoms with Gasteiger partial charge in [-0.2, -0.15) is 0 Å². The Bertz CT molecular complexity index is 1080. The van der Waals surface area contributed by atoms with E-state index in [1.54, 1.807) is 18.7 Å². The molecule has 0 spiro atoms. The number of pyridine rings is 1. The average Bonchev–Trinajstić information content (AvgIpc) is 3.44. The highest BCUT2D eigenvalue weighted by molar-refractivity contribution is 5.92. The van der Waals surface area contributed by atoms with Crippen LogP contribution in [0.3, 0.4) is 0 Å². The lowest BCUT2D eigenvalue weighted by Crippen LogP contribution is -2.49. The monoisotopic (exact) mass is 406 g/mol. The summed E-state index contributed by atoms with van der Waals surface area (Å²) >= 11 is 0. The first kappa shape index (κ1) is 18.9. The molecule has 5 heterocycles. The molecule has 1 N–H and O–H groups in total. The molecular weight excluding hydrogens is 380 g/mol. The fraction of sp³-hybridized carbons (Fsp3) is 0.391. The van der Waals surface area contributed by atoms with E-state index in [9.17, 15) is 9.59 Å². The maximum atomic E-state index is 13.2. The molecule has 2 bridgehead atoms. The lowest BCUT2D eigenvalue weighted by atomic mass is 9.83. The number of nitrogens with zero attached hydrogens (tertiary/aromatic N) is 3. The van der Waals surface area contributed by atoms with Gasteiger partial charge in [-0.05, 0) is 43.7 Å². The lowest BCUT2D eigenvalue weighted by Gasteiger charge is -2.42. The van der Waals surface area contributed by atoms with Gasteiger partial charge in [0.1, 0.15) is 5.69 Å². The van der Waals surface area contributed by atoms with Gasteiger partial charge in [0, 0.05) is 61.7 Å². The van der Waals surface area contributed by atoms with Crippen LogP contribution in [0.25, 0.3) is 0 Å². The number of carbonyl (C=O) groups excluding carboxylic acids is 1. The molecule has 0 aromatic carbocycles. The number of hydrogen-bond donors (Lipinski definition) is 1. The molecule has 5 rings (SSSR count). The second kappa shape index (κ2) is 7.65. The third-order valence-electron chi connectivity index (χ3n) is 6.27. The molecule has 30 heavy (non-hydrogen) atoms. The van der Waals surface area contributed by atoms with Crippen LogP contribution in [0.4, 0.5) is 0 Å². The highest BCUT2D eigenvalue weighted by atomic mass is 16.3. The van der Waals surface area contributed by atoms with Gasteiger partial charge < -0.3 is 18.9 Å². The third-order valence-corrected chi connectivity index (χ3v) is 6.27. The van der Waals surface area contributed by atoms with E-state index < -0.39 is 0 Å². The molecule has 156 valence electrons. The first-order valence-electron chi connectivity index (χ1n) is 10.4. The lowest BCUT2D eigenvalue weighted by molar-refractivity contribution is 0.0589. The van der Waals surface area contributed by atoms with Gasteiger partial charge >= 0.3 is 0 Å². The Morgan fingerprint density at radius 3 is 2.87 bits per heavy atom. The number of aromatic amines is 1. The number of rotatable bonds is 5. The first-order chi connectivity index (χ1) is 14.6. The summed E-state index contributed by atoms with van der Waals surface area (Å²) in [5.74, 6) is 0.566. The van der Waals surface area contributed by atoms with Crippen LogP contribution >= 0.6 is 0 Å². The summed E-state index contributed by atoms with van der Waals surface area (Å²) in [4.78, 5) is 33.1. The molecule has 7 nitrogen and oxygen atoms in total. The van der Waals surface area contributed by atoms with Gasteiger partial charge in [-0.15, -0.1) is 0 Å². The Hall–Kier alpha value is -3.06. The second-order valence-electron chi connectivity index (χ2n) is 8.60. The van der Waals surface area contributed by atoms with E-state index in [0.29, 0.717) is 37.8 Å².